The fourth-order valence-electron chi connectivity index (χ4n) is 4.18. The SMILES string of the molecule is Cc1ccc(-c2ccc(C3C(c4ccccn4)NC(=S)N3c3ccc(F)c(C)c3)o2)c(Br)c1. The van der Waals surface area contributed by atoms with Gasteiger partial charge in [0, 0.05) is 21.9 Å². The van der Waals surface area contributed by atoms with E-state index in [1.54, 1.807) is 25.3 Å². The summed E-state index contributed by atoms with van der Waals surface area (Å²) in [7, 11) is 0. The molecule has 1 aliphatic rings. The van der Waals surface area contributed by atoms with Crippen LogP contribution in [0.5, 0.6) is 0 Å². The van der Waals surface area contributed by atoms with Crippen molar-refractivity contribution in [3.8, 4) is 11.3 Å². The van der Waals surface area contributed by atoms with Crippen LogP contribution in [0.15, 0.2) is 81.8 Å². The van der Waals surface area contributed by atoms with E-state index in [1.165, 1.54) is 6.07 Å². The van der Waals surface area contributed by atoms with Crippen molar-refractivity contribution in [3.05, 3.63) is 106 Å². The van der Waals surface area contributed by atoms with Gasteiger partial charge in [-0.1, -0.05) is 28.1 Å². The highest BCUT2D eigenvalue weighted by Gasteiger charge is 2.42. The van der Waals surface area contributed by atoms with E-state index in [1.807, 2.05) is 48.2 Å². The van der Waals surface area contributed by atoms with E-state index in [0.29, 0.717) is 10.7 Å². The van der Waals surface area contributed by atoms with Crippen LogP contribution in [0, 0.1) is 19.7 Å². The monoisotopic (exact) mass is 521 g/mol. The first-order chi connectivity index (χ1) is 15.9. The Balaban J connectivity index is 1.61. The molecule has 2 atom stereocenters. The number of aromatic nitrogens is 1. The number of halogens is 2. The van der Waals surface area contributed by atoms with Gasteiger partial charge in [-0.25, -0.2) is 4.39 Å². The Morgan fingerprint density at radius 1 is 1.06 bits per heavy atom. The molecular formula is C26H21BrFN3OS. The van der Waals surface area contributed by atoms with Crippen molar-refractivity contribution in [1.29, 1.82) is 0 Å². The van der Waals surface area contributed by atoms with Crippen molar-refractivity contribution in [2.45, 2.75) is 25.9 Å². The summed E-state index contributed by atoms with van der Waals surface area (Å²) in [4.78, 5) is 6.54. The van der Waals surface area contributed by atoms with Gasteiger partial charge in [0.1, 0.15) is 23.4 Å². The second-order valence-electron chi connectivity index (χ2n) is 8.12. The van der Waals surface area contributed by atoms with Crippen molar-refractivity contribution in [1.82, 2.24) is 10.3 Å². The molecule has 0 aliphatic carbocycles. The molecule has 1 fully saturated rings. The van der Waals surface area contributed by atoms with Crippen molar-refractivity contribution in [3.63, 3.8) is 0 Å². The number of anilines is 1. The summed E-state index contributed by atoms with van der Waals surface area (Å²) in [6.45, 7) is 3.80. The van der Waals surface area contributed by atoms with Gasteiger partial charge < -0.3 is 14.6 Å². The Labute approximate surface area is 205 Å². The number of aryl methyl sites for hydroxylation is 2. The molecule has 4 aromatic rings. The van der Waals surface area contributed by atoms with Gasteiger partial charge in [-0.15, -0.1) is 0 Å². The highest BCUT2D eigenvalue weighted by molar-refractivity contribution is 9.10. The smallest absolute Gasteiger partial charge is 0.174 e. The lowest BCUT2D eigenvalue weighted by Crippen LogP contribution is -2.29. The number of nitrogens with zero attached hydrogens (tertiary/aromatic N) is 2. The third kappa shape index (κ3) is 4.07. The van der Waals surface area contributed by atoms with Crippen molar-refractivity contribution >= 4 is 38.9 Å². The second kappa shape index (κ2) is 8.72. The van der Waals surface area contributed by atoms with Crippen LogP contribution in [0.1, 0.15) is 34.7 Å². The maximum atomic E-state index is 14.0. The molecule has 5 rings (SSSR count). The van der Waals surface area contributed by atoms with Crippen LogP contribution >= 0.6 is 28.1 Å². The van der Waals surface area contributed by atoms with E-state index in [4.69, 9.17) is 16.6 Å². The molecule has 2 aromatic carbocycles. The minimum atomic E-state index is -0.296. The summed E-state index contributed by atoms with van der Waals surface area (Å²) >= 11 is 9.38. The highest BCUT2D eigenvalue weighted by atomic mass is 79.9. The third-order valence-corrected chi connectivity index (χ3v) is 6.80. The number of furan rings is 1. The highest BCUT2D eigenvalue weighted by Crippen LogP contribution is 2.43. The summed E-state index contributed by atoms with van der Waals surface area (Å²) < 4.78 is 21.4. The summed E-state index contributed by atoms with van der Waals surface area (Å²) in [5.74, 6) is 1.24. The molecule has 166 valence electrons. The average Bonchev–Trinajstić information content (AvgIpc) is 3.41. The first-order valence-electron chi connectivity index (χ1n) is 10.6. The van der Waals surface area contributed by atoms with E-state index in [9.17, 15) is 4.39 Å². The van der Waals surface area contributed by atoms with Gasteiger partial charge in [0.15, 0.2) is 5.11 Å². The Bertz CT molecular complexity index is 1340. The number of pyridine rings is 1. The van der Waals surface area contributed by atoms with Crippen LogP contribution in [0.4, 0.5) is 10.1 Å². The standard InChI is InChI=1S/C26H21BrFN3OS/c1-15-6-8-18(19(27)13-15)22-10-11-23(32-22)25-24(21-5-3-4-12-29-21)30-26(33)31(25)17-7-9-20(28)16(2)14-17/h3-14,24-25H,1-2H3,(H,30,33). The van der Waals surface area contributed by atoms with E-state index < -0.39 is 0 Å². The molecule has 1 N–H and O–H groups in total. The zero-order valence-corrected chi connectivity index (χ0v) is 20.5. The molecule has 0 bridgehead atoms. The molecule has 2 unspecified atom stereocenters. The lowest BCUT2D eigenvalue weighted by Gasteiger charge is -2.26. The van der Waals surface area contributed by atoms with Crippen LogP contribution in [0.2, 0.25) is 0 Å². The van der Waals surface area contributed by atoms with Crippen molar-refractivity contribution < 1.29 is 8.81 Å². The second-order valence-corrected chi connectivity index (χ2v) is 9.36. The fraction of sp³-hybridized carbons (Fsp3) is 0.154. The number of nitrogens with one attached hydrogen (secondary N) is 1. The van der Waals surface area contributed by atoms with Crippen molar-refractivity contribution in [2.75, 3.05) is 4.90 Å². The summed E-state index contributed by atoms with van der Waals surface area (Å²) in [6, 6.07) is 20.4. The number of rotatable bonds is 4. The molecule has 3 heterocycles. The molecule has 1 aliphatic heterocycles. The lowest BCUT2D eigenvalue weighted by molar-refractivity contribution is 0.439. The van der Waals surface area contributed by atoms with Crippen LogP contribution in [-0.4, -0.2) is 10.1 Å². The van der Waals surface area contributed by atoms with Crippen LogP contribution in [0.25, 0.3) is 11.3 Å². The minimum absolute atomic E-state index is 0.232. The Morgan fingerprint density at radius 3 is 2.64 bits per heavy atom. The largest absolute Gasteiger partial charge is 0.459 e. The first-order valence-corrected chi connectivity index (χ1v) is 11.8. The number of benzene rings is 2. The topological polar surface area (TPSA) is 41.3 Å². The zero-order valence-electron chi connectivity index (χ0n) is 18.0. The normalized spacial score (nSPS) is 17.9. The van der Waals surface area contributed by atoms with Gasteiger partial charge in [-0.3, -0.25) is 4.98 Å². The number of hydrogen-bond donors (Lipinski definition) is 1. The predicted molar refractivity (Wildman–Crippen MR) is 136 cm³/mol. The van der Waals surface area contributed by atoms with Gasteiger partial charge in [-0.05, 0) is 91.8 Å². The van der Waals surface area contributed by atoms with Crippen molar-refractivity contribution in [2.24, 2.45) is 0 Å². The molecule has 1 saturated heterocycles. The Kier molecular flexibility index (Phi) is 5.76. The van der Waals surface area contributed by atoms with Gasteiger partial charge in [-0.2, -0.15) is 0 Å². The lowest BCUT2D eigenvalue weighted by atomic mass is 10.0. The van der Waals surface area contributed by atoms with E-state index >= 15 is 0 Å². The van der Waals surface area contributed by atoms with E-state index in [0.717, 1.165) is 38.5 Å². The summed E-state index contributed by atoms with van der Waals surface area (Å²) in [5, 5.41) is 3.94. The molecular weight excluding hydrogens is 501 g/mol. The first kappa shape index (κ1) is 21.8. The minimum Gasteiger partial charge on any atom is -0.459 e. The maximum absolute atomic E-state index is 14.0. The average molecular weight is 522 g/mol. The van der Waals surface area contributed by atoms with Gasteiger partial charge >= 0.3 is 0 Å². The Morgan fingerprint density at radius 2 is 1.91 bits per heavy atom. The van der Waals surface area contributed by atoms with E-state index in [2.05, 4.69) is 38.4 Å². The zero-order chi connectivity index (χ0) is 23.1. The van der Waals surface area contributed by atoms with Gasteiger partial charge in [0.05, 0.1) is 11.7 Å². The molecule has 0 saturated carbocycles. The predicted octanol–water partition coefficient (Wildman–Crippen LogP) is 7.04. The molecule has 0 spiro atoms. The molecule has 0 amide bonds. The van der Waals surface area contributed by atoms with Gasteiger partial charge in [0.2, 0.25) is 0 Å². The molecule has 0 radical (unpaired) electrons. The molecule has 7 heteroatoms. The van der Waals surface area contributed by atoms with Crippen LogP contribution in [0.3, 0.4) is 0 Å². The third-order valence-electron chi connectivity index (χ3n) is 5.83. The van der Waals surface area contributed by atoms with E-state index in [-0.39, 0.29) is 17.9 Å². The maximum Gasteiger partial charge on any atom is 0.174 e. The molecule has 4 nitrogen and oxygen atoms in total. The molecule has 33 heavy (non-hydrogen) atoms. The molecule has 2 aromatic heterocycles. The quantitative estimate of drug-likeness (QED) is 0.291. The van der Waals surface area contributed by atoms with Gasteiger partial charge in [0.25, 0.3) is 0 Å². The summed E-state index contributed by atoms with van der Waals surface area (Å²) in [6.07, 6.45) is 1.76. The van der Waals surface area contributed by atoms with Crippen LogP contribution < -0.4 is 10.2 Å². The number of thiocarbonyl (C=S) groups is 1. The number of hydrogen-bond acceptors (Lipinski definition) is 3. The van der Waals surface area contributed by atoms with Crippen LogP contribution in [-0.2, 0) is 0 Å². The summed E-state index contributed by atoms with van der Waals surface area (Å²) in [5.41, 5.74) is 4.33. The fourth-order valence-corrected chi connectivity index (χ4v) is 5.21. The Hall–Kier alpha value is -3.03.